The molecule has 2 aliphatic rings. The van der Waals surface area contributed by atoms with Crippen LogP contribution in [0.1, 0.15) is 25.0 Å². The minimum atomic E-state index is -0.186. The van der Waals surface area contributed by atoms with E-state index in [1.807, 2.05) is 29.2 Å². The molecule has 7 heteroatoms. The van der Waals surface area contributed by atoms with Crippen LogP contribution in [-0.4, -0.2) is 45.2 Å². The van der Waals surface area contributed by atoms with Gasteiger partial charge in [0.1, 0.15) is 18.2 Å². The molecule has 4 heterocycles. The molecule has 5 rings (SSSR count). The second kappa shape index (κ2) is 6.09. The molecule has 0 saturated carbocycles. The number of hydrogen-bond donors (Lipinski definition) is 1. The van der Waals surface area contributed by atoms with Gasteiger partial charge in [-0.2, -0.15) is 5.10 Å². The van der Waals surface area contributed by atoms with Crippen molar-refractivity contribution >= 4 is 28.3 Å². The lowest BCUT2D eigenvalue weighted by Crippen LogP contribution is -2.47. The first kappa shape index (κ1) is 15.3. The molecule has 1 atom stereocenters. The van der Waals surface area contributed by atoms with E-state index in [2.05, 4.69) is 25.1 Å². The number of hydrogen-bond acceptors (Lipinski definition) is 5. The van der Waals surface area contributed by atoms with Gasteiger partial charge in [0.25, 0.3) is 0 Å². The van der Waals surface area contributed by atoms with Crippen LogP contribution in [0.4, 0.5) is 11.5 Å². The summed E-state index contributed by atoms with van der Waals surface area (Å²) in [5, 5.41) is 8.15. The van der Waals surface area contributed by atoms with Crippen LogP contribution in [0.15, 0.2) is 36.8 Å². The Morgan fingerprint density at radius 2 is 2.08 bits per heavy atom. The molecule has 1 N–H and O–H groups in total. The minimum Gasteiger partial charge on any atom is -0.344 e. The maximum absolute atomic E-state index is 13.4. The highest BCUT2D eigenvalue weighted by Gasteiger charge is 2.37. The number of aryl methyl sites for hydroxylation is 1. The molecule has 1 fully saturated rings. The molecule has 0 spiro atoms. The van der Waals surface area contributed by atoms with Crippen LogP contribution in [-0.2, 0) is 11.2 Å². The highest BCUT2D eigenvalue weighted by atomic mass is 16.2. The van der Waals surface area contributed by atoms with Crippen LogP contribution in [0.5, 0.6) is 0 Å². The van der Waals surface area contributed by atoms with Crippen molar-refractivity contribution in [2.24, 2.45) is 0 Å². The van der Waals surface area contributed by atoms with Gasteiger partial charge in [-0.1, -0.05) is 12.1 Å². The van der Waals surface area contributed by atoms with Gasteiger partial charge in [-0.15, -0.1) is 0 Å². The number of H-pyrrole nitrogens is 1. The molecular weight excluding hydrogens is 328 g/mol. The van der Waals surface area contributed by atoms with Gasteiger partial charge in [-0.05, 0) is 37.8 Å². The Labute approximate surface area is 151 Å². The van der Waals surface area contributed by atoms with Crippen molar-refractivity contribution < 1.29 is 4.79 Å². The highest BCUT2D eigenvalue weighted by Crippen LogP contribution is 2.32. The van der Waals surface area contributed by atoms with Gasteiger partial charge >= 0.3 is 0 Å². The second-order valence-electron chi connectivity index (χ2n) is 6.89. The molecule has 0 bridgehead atoms. The Kier molecular flexibility index (Phi) is 3.58. The summed E-state index contributed by atoms with van der Waals surface area (Å²) in [7, 11) is 0. The summed E-state index contributed by atoms with van der Waals surface area (Å²) in [5.41, 5.74) is 2.90. The van der Waals surface area contributed by atoms with Crippen LogP contribution in [0, 0.1) is 0 Å². The van der Waals surface area contributed by atoms with E-state index >= 15 is 0 Å². The lowest BCUT2D eigenvalue weighted by atomic mass is 10.1. The maximum atomic E-state index is 13.4. The third kappa shape index (κ3) is 2.34. The molecule has 1 aromatic carbocycles. The predicted molar refractivity (Wildman–Crippen MR) is 99.2 cm³/mol. The summed E-state index contributed by atoms with van der Waals surface area (Å²) in [5.74, 6) is 1.00. The molecule has 26 heavy (non-hydrogen) atoms. The molecule has 1 unspecified atom stereocenters. The number of anilines is 2. The summed E-state index contributed by atoms with van der Waals surface area (Å²) in [6.45, 7) is 1.59. The molecule has 7 nitrogen and oxygen atoms in total. The molecule has 0 radical (unpaired) electrons. The summed E-state index contributed by atoms with van der Waals surface area (Å²) in [6.07, 6.45) is 7.11. The zero-order chi connectivity index (χ0) is 17.5. The number of benzene rings is 1. The van der Waals surface area contributed by atoms with Gasteiger partial charge in [0, 0.05) is 18.5 Å². The van der Waals surface area contributed by atoms with Crippen LogP contribution in [0.25, 0.3) is 10.9 Å². The maximum Gasteiger partial charge on any atom is 0.249 e. The van der Waals surface area contributed by atoms with Crippen LogP contribution in [0.3, 0.4) is 0 Å². The normalized spacial score (nSPS) is 19.8. The number of nitrogens with one attached hydrogen (secondary N) is 1. The average Bonchev–Trinajstić information content (AvgIpc) is 3.36. The van der Waals surface area contributed by atoms with Crippen molar-refractivity contribution in [2.75, 3.05) is 22.9 Å². The predicted octanol–water partition coefficient (Wildman–Crippen LogP) is 2.30. The Balaban J connectivity index is 1.51. The number of para-hydroxylation sites is 1. The average molecular weight is 348 g/mol. The fourth-order valence-electron chi connectivity index (χ4n) is 4.16. The standard InChI is InChI=1S/C19H20N6O/c26-19(25-10-3-7-15-17(25)11-22-23-15)16-8-4-9-24(16)18-13-5-1-2-6-14(13)20-12-21-18/h1-2,5-6,11-12,16H,3-4,7-10H2,(H,22,23). The summed E-state index contributed by atoms with van der Waals surface area (Å²) < 4.78 is 0. The molecular formula is C19H20N6O. The number of aromatic amines is 1. The Morgan fingerprint density at radius 3 is 3.04 bits per heavy atom. The number of carbonyl (C=O) groups is 1. The van der Waals surface area contributed by atoms with E-state index in [1.165, 1.54) is 0 Å². The summed E-state index contributed by atoms with van der Waals surface area (Å²) in [6, 6.07) is 7.79. The number of fused-ring (bicyclic) bond motifs is 2. The third-order valence-electron chi connectivity index (χ3n) is 5.39. The number of aromatic nitrogens is 4. The van der Waals surface area contributed by atoms with E-state index in [1.54, 1.807) is 12.5 Å². The monoisotopic (exact) mass is 348 g/mol. The molecule has 3 aromatic rings. The SMILES string of the molecule is O=C(C1CCCN1c1ncnc2ccccc12)N1CCCc2[nH]ncc21. The quantitative estimate of drug-likeness (QED) is 0.769. The van der Waals surface area contributed by atoms with Crippen molar-refractivity contribution in [2.45, 2.75) is 31.7 Å². The lowest BCUT2D eigenvalue weighted by molar-refractivity contribution is -0.119. The molecule has 2 aromatic heterocycles. The molecule has 0 aliphatic carbocycles. The van der Waals surface area contributed by atoms with E-state index in [4.69, 9.17) is 0 Å². The van der Waals surface area contributed by atoms with Crippen LogP contribution < -0.4 is 9.80 Å². The second-order valence-corrected chi connectivity index (χ2v) is 6.89. The van der Waals surface area contributed by atoms with Crippen molar-refractivity contribution in [3.8, 4) is 0 Å². The first-order valence-corrected chi connectivity index (χ1v) is 9.13. The van der Waals surface area contributed by atoms with Crippen molar-refractivity contribution in [3.05, 3.63) is 42.5 Å². The number of amides is 1. The van der Waals surface area contributed by atoms with Crippen LogP contribution in [0.2, 0.25) is 0 Å². The zero-order valence-electron chi connectivity index (χ0n) is 14.4. The highest BCUT2D eigenvalue weighted by molar-refractivity contribution is 6.01. The first-order chi connectivity index (χ1) is 12.8. The van der Waals surface area contributed by atoms with Gasteiger partial charge in [-0.3, -0.25) is 9.89 Å². The fraction of sp³-hybridized carbons (Fsp3) is 0.368. The topological polar surface area (TPSA) is 78.0 Å². The van der Waals surface area contributed by atoms with Gasteiger partial charge in [-0.25, -0.2) is 9.97 Å². The third-order valence-corrected chi connectivity index (χ3v) is 5.39. The first-order valence-electron chi connectivity index (χ1n) is 9.13. The van der Waals surface area contributed by atoms with Gasteiger partial charge in [0.05, 0.1) is 23.1 Å². The Morgan fingerprint density at radius 1 is 1.15 bits per heavy atom. The smallest absolute Gasteiger partial charge is 0.249 e. The van der Waals surface area contributed by atoms with Gasteiger partial charge in [0.15, 0.2) is 0 Å². The number of nitrogens with zero attached hydrogens (tertiary/aromatic N) is 5. The minimum absolute atomic E-state index is 0.146. The number of rotatable bonds is 2. The van der Waals surface area contributed by atoms with E-state index in [9.17, 15) is 4.79 Å². The van der Waals surface area contributed by atoms with Gasteiger partial charge in [0.2, 0.25) is 5.91 Å². The number of carbonyl (C=O) groups excluding carboxylic acids is 1. The van der Waals surface area contributed by atoms with Crippen molar-refractivity contribution in [1.82, 2.24) is 20.2 Å². The molecule has 1 amide bonds. The van der Waals surface area contributed by atoms with E-state index < -0.39 is 0 Å². The van der Waals surface area contributed by atoms with Gasteiger partial charge < -0.3 is 9.80 Å². The summed E-state index contributed by atoms with van der Waals surface area (Å²) >= 11 is 0. The molecule has 132 valence electrons. The van der Waals surface area contributed by atoms with E-state index in [0.29, 0.717) is 0 Å². The summed E-state index contributed by atoms with van der Waals surface area (Å²) in [4.78, 5) is 26.3. The molecule has 2 aliphatic heterocycles. The van der Waals surface area contributed by atoms with Crippen molar-refractivity contribution in [3.63, 3.8) is 0 Å². The fourth-order valence-corrected chi connectivity index (χ4v) is 4.16. The lowest BCUT2D eigenvalue weighted by Gasteiger charge is -2.33. The Bertz CT molecular complexity index is 962. The van der Waals surface area contributed by atoms with E-state index in [-0.39, 0.29) is 11.9 Å². The van der Waals surface area contributed by atoms with Crippen LogP contribution >= 0.6 is 0 Å². The van der Waals surface area contributed by atoms with E-state index in [0.717, 1.165) is 66.9 Å². The molecule has 1 saturated heterocycles. The largest absolute Gasteiger partial charge is 0.344 e. The zero-order valence-corrected chi connectivity index (χ0v) is 14.4. The Hall–Kier alpha value is -2.96. The van der Waals surface area contributed by atoms with Crippen molar-refractivity contribution in [1.29, 1.82) is 0 Å².